The molecule has 2 heteroatoms. The third kappa shape index (κ3) is 2.46. The Hall–Kier alpha value is -1.07. The van der Waals surface area contributed by atoms with Gasteiger partial charge in [-0.05, 0) is 18.6 Å². The minimum atomic E-state index is 0.105. The Morgan fingerprint density at radius 2 is 2.29 bits per heavy atom. The van der Waals surface area contributed by atoms with Crippen LogP contribution in [0, 0.1) is 19.3 Å². The van der Waals surface area contributed by atoms with Crippen LogP contribution in [0.15, 0.2) is 22.7 Å². The zero-order chi connectivity index (χ0) is 10.6. The van der Waals surface area contributed by atoms with E-state index in [2.05, 4.69) is 21.9 Å². The summed E-state index contributed by atoms with van der Waals surface area (Å²) in [5.41, 5.74) is 1.74. The van der Waals surface area contributed by atoms with Crippen molar-refractivity contribution < 1.29 is 4.79 Å². The summed E-state index contributed by atoms with van der Waals surface area (Å²) in [6.45, 7) is 1.92. The van der Waals surface area contributed by atoms with Crippen molar-refractivity contribution in [3.63, 3.8) is 0 Å². The van der Waals surface area contributed by atoms with Gasteiger partial charge in [-0.1, -0.05) is 28.1 Å². The zero-order valence-electron chi connectivity index (χ0n) is 8.01. The van der Waals surface area contributed by atoms with E-state index in [0.29, 0.717) is 12.8 Å². The third-order valence-electron chi connectivity index (χ3n) is 2.00. The summed E-state index contributed by atoms with van der Waals surface area (Å²) >= 11 is 3.37. The second kappa shape index (κ2) is 4.97. The van der Waals surface area contributed by atoms with Crippen molar-refractivity contribution in [2.24, 2.45) is 0 Å². The van der Waals surface area contributed by atoms with Crippen LogP contribution >= 0.6 is 15.9 Å². The molecule has 0 fully saturated rings. The molecule has 0 spiro atoms. The van der Waals surface area contributed by atoms with E-state index in [1.54, 1.807) is 0 Å². The SMILES string of the molecule is C#CCCC(=O)c1c(C)cccc1Br. The molecule has 0 N–H and O–H groups in total. The third-order valence-corrected chi connectivity index (χ3v) is 2.66. The molecule has 0 aliphatic rings. The Kier molecular flexibility index (Phi) is 3.91. The highest BCUT2D eigenvalue weighted by Gasteiger charge is 2.11. The molecule has 72 valence electrons. The molecule has 0 aliphatic carbocycles. The molecule has 0 bridgehead atoms. The van der Waals surface area contributed by atoms with Gasteiger partial charge in [-0.2, -0.15) is 0 Å². The maximum Gasteiger partial charge on any atom is 0.165 e. The maximum atomic E-state index is 11.7. The Labute approximate surface area is 92.6 Å². The average molecular weight is 251 g/mol. The number of hydrogen-bond acceptors (Lipinski definition) is 1. The Balaban J connectivity index is 2.95. The van der Waals surface area contributed by atoms with Crippen molar-refractivity contribution >= 4 is 21.7 Å². The molecule has 1 aromatic rings. The van der Waals surface area contributed by atoms with Crippen LogP contribution in [0.4, 0.5) is 0 Å². The largest absolute Gasteiger partial charge is 0.294 e. The molecule has 0 saturated heterocycles. The standard InChI is InChI=1S/C12H11BrO/c1-3-4-8-11(14)12-9(2)6-5-7-10(12)13/h1,5-7H,4,8H2,2H3. The minimum absolute atomic E-state index is 0.105. The van der Waals surface area contributed by atoms with Gasteiger partial charge in [-0.15, -0.1) is 12.3 Å². The van der Waals surface area contributed by atoms with Crippen molar-refractivity contribution in [3.05, 3.63) is 33.8 Å². The summed E-state index contributed by atoms with van der Waals surface area (Å²) in [4.78, 5) is 11.7. The van der Waals surface area contributed by atoms with Gasteiger partial charge in [0.1, 0.15) is 0 Å². The second-order valence-corrected chi connectivity index (χ2v) is 3.91. The first-order valence-electron chi connectivity index (χ1n) is 4.38. The van der Waals surface area contributed by atoms with Crippen molar-refractivity contribution in [2.45, 2.75) is 19.8 Å². The lowest BCUT2D eigenvalue weighted by Gasteiger charge is -2.05. The second-order valence-electron chi connectivity index (χ2n) is 3.06. The summed E-state index contributed by atoms with van der Waals surface area (Å²) in [7, 11) is 0. The van der Waals surface area contributed by atoms with E-state index in [1.807, 2.05) is 25.1 Å². The predicted molar refractivity (Wildman–Crippen MR) is 61.3 cm³/mol. The van der Waals surface area contributed by atoms with Gasteiger partial charge in [-0.3, -0.25) is 4.79 Å². The molecular weight excluding hydrogens is 240 g/mol. The fourth-order valence-corrected chi connectivity index (χ4v) is 1.98. The molecule has 1 rings (SSSR count). The number of hydrogen-bond donors (Lipinski definition) is 0. The lowest BCUT2D eigenvalue weighted by Crippen LogP contribution is -2.02. The van der Waals surface area contributed by atoms with Crippen LogP contribution in [0.25, 0.3) is 0 Å². The van der Waals surface area contributed by atoms with Gasteiger partial charge in [0.25, 0.3) is 0 Å². The molecule has 0 aliphatic heterocycles. The summed E-state index contributed by atoms with van der Waals surface area (Å²) in [6, 6.07) is 5.71. The molecule has 0 unspecified atom stereocenters. The van der Waals surface area contributed by atoms with Crippen LogP contribution < -0.4 is 0 Å². The quantitative estimate of drug-likeness (QED) is 0.594. The van der Waals surface area contributed by atoms with Crippen LogP contribution in [0.5, 0.6) is 0 Å². The fraction of sp³-hybridized carbons (Fsp3) is 0.250. The van der Waals surface area contributed by atoms with E-state index in [9.17, 15) is 4.79 Å². The van der Waals surface area contributed by atoms with Gasteiger partial charge < -0.3 is 0 Å². The average Bonchev–Trinajstić information content (AvgIpc) is 2.14. The summed E-state index contributed by atoms with van der Waals surface area (Å²) in [5, 5.41) is 0. The number of benzene rings is 1. The number of halogens is 1. The number of rotatable bonds is 3. The highest BCUT2D eigenvalue weighted by molar-refractivity contribution is 9.10. The molecule has 0 amide bonds. The van der Waals surface area contributed by atoms with Crippen LogP contribution in [0.1, 0.15) is 28.8 Å². The molecule has 1 nitrogen and oxygen atoms in total. The molecule has 0 aromatic heterocycles. The van der Waals surface area contributed by atoms with E-state index in [-0.39, 0.29) is 5.78 Å². The summed E-state index contributed by atoms with van der Waals surface area (Å²) in [6.07, 6.45) is 6.03. The number of Topliss-reactive ketones (excluding diaryl/α,β-unsaturated/α-hetero) is 1. The summed E-state index contributed by atoms with van der Waals surface area (Å²) in [5.74, 6) is 2.58. The van der Waals surface area contributed by atoms with E-state index in [4.69, 9.17) is 6.42 Å². The van der Waals surface area contributed by atoms with Crippen molar-refractivity contribution in [1.82, 2.24) is 0 Å². The number of carbonyl (C=O) groups is 1. The fourth-order valence-electron chi connectivity index (χ4n) is 1.30. The Morgan fingerprint density at radius 3 is 2.86 bits per heavy atom. The lowest BCUT2D eigenvalue weighted by molar-refractivity contribution is 0.0983. The normalized spacial score (nSPS) is 9.50. The van der Waals surface area contributed by atoms with Crippen LogP contribution in [-0.4, -0.2) is 5.78 Å². The van der Waals surface area contributed by atoms with Crippen molar-refractivity contribution in [2.75, 3.05) is 0 Å². The molecule has 14 heavy (non-hydrogen) atoms. The first kappa shape index (κ1) is 11.0. The number of carbonyl (C=O) groups excluding carboxylic acids is 1. The van der Waals surface area contributed by atoms with E-state index < -0.39 is 0 Å². The number of terminal acetylenes is 1. The molecule has 0 atom stereocenters. The molecule has 0 heterocycles. The van der Waals surface area contributed by atoms with Crippen LogP contribution in [0.2, 0.25) is 0 Å². The first-order valence-corrected chi connectivity index (χ1v) is 5.18. The Morgan fingerprint density at radius 1 is 1.57 bits per heavy atom. The van der Waals surface area contributed by atoms with Crippen molar-refractivity contribution in [3.8, 4) is 12.3 Å². The summed E-state index contributed by atoms with van der Waals surface area (Å²) < 4.78 is 0.847. The highest BCUT2D eigenvalue weighted by atomic mass is 79.9. The minimum Gasteiger partial charge on any atom is -0.294 e. The van der Waals surface area contributed by atoms with Gasteiger partial charge in [0, 0.05) is 22.9 Å². The van der Waals surface area contributed by atoms with Gasteiger partial charge in [-0.25, -0.2) is 0 Å². The smallest absolute Gasteiger partial charge is 0.165 e. The topological polar surface area (TPSA) is 17.1 Å². The lowest BCUT2D eigenvalue weighted by atomic mass is 10.0. The van der Waals surface area contributed by atoms with Gasteiger partial charge in [0.05, 0.1) is 0 Å². The van der Waals surface area contributed by atoms with Crippen LogP contribution in [-0.2, 0) is 0 Å². The molecule has 1 aromatic carbocycles. The number of aryl methyl sites for hydroxylation is 1. The zero-order valence-corrected chi connectivity index (χ0v) is 9.60. The first-order chi connectivity index (χ1) is 6.66. The van der Waals surface area contributed by atoms with Crippen molar-refractivity contribution in [1.29, 1.82) is 0 Å². The van der Waals surface area contributed by atoms with E-state index >= 15 is 0 Å². The van der Waals surface area contributed by atoms with Gasteiger partial charge in [0.15, 0.2) is 5.78 Å². The highest BCUT2D eigenvalue weighted by Crippen LogP contribution is 2.21. The van der Waals surface area contributed by atoms with E-state index in [0.717, 1.165) is 15.6 Å². The monoisotopic (exact) mass is 250 g/mol. The molecule has 0 radical (unpaired) electrons. The van der Waals surface area contributed by atoms with Gasteiger partial charge >= 0.3 is 0 Å². The number of ketones is 1. The predicted octanol–water partition coefficient (Wildman–Crippen LogP) is 3.35. The maximum absolute atomic E-state index is 11.7. The van der Waals surface area contributed by atoms with Crippen LogP contribution in [0.3, 0.4) is 0 Å². The Bertz CT molecular complexity index is 368. The van der Waals surface area contributed by atoms with E-state index in [1.165, 1.54) is 0 Å². The molecule has 0 saturated carbocycles. The molecular formula is C12H11BrO. The van der Waals surface area contributed by atoms with Gasteiger partial charge in [0.2, 0.25) is 0 Å².